The molecule has 0 bridgehead atoms. The molecule has 4 rings (SSSR count). The maximum atomic E-state index is 13.1. The summed E-state index contributed by atoms with van der Waals surface area (Å²) in [5.74, 6) is -0.150. The van der Waals surface area contributed by atoms with Crippen LogP contribution in [0, 0.1) is 5.82 Å². The van der Waals surface area contributed by atoms with Crippen molar-refractivity contribution in [3.63, 3.8) is 0 Å². The Morgan fingerprint density at radius 3 is 2.76 bits per heavy atom. The van der Waals surface area contributed by atoms with E-state index in [2.05, 4.69) is 5.32 Å². The molecule has 2 aromatic carbocycles. The lowest BCUT2D eigenvalue weighted by molar-refractivity contribution is -0.117. The number of hydrogen-bond donors (Lipinski definition) is 1. The summed E-state index contributed by atoms with van der Waals surface area (Å²) in [6.07, 6.45) is 1.21. The standard InChI is InChI=1S/C22H24FN3O3/c23-18-8-6-17(7-9-18)20-15-25(11-12-29-20)22(28)24-14-16-3-1-4-19(13-16)26-10-2-5-21(26)27/h1,3-4,6-9,13,20H,2,5,10-12,14-15H2,(H,24,28). The van der Waals surface area contributed by atoms with Gasteiger partial charge in [-0.05, 0) is 41.8 Å². The predicted octanol–water partition coefficient (Wildman–Crippen LogP) is 3.24. The van der Waals surface area contributed by atoms with Crippen LogP contribution in [0.4, 0.5) is 14.9 Å². The van der Waals surface area contributed by atoms with Gasteiger partial charge in [-0.25, -0.2) is 9.18 Å². The van der Waals surface area contributed by atoms with Gasteiger partial charge in [-0.2, -0.15) is 0 Å². The summed E-state index contributed by atoms with van der Waals surface area (Å²) in [5, 5.41) is 2.95. The highest BCUT2D eigenvalue weighted by molar-refractivity contribution is 5.95. The molecular weight excluding hydrogens is 373 g/mol. The van der Waals surface area contributed by atoms with Crippen molar-refractivity contribution in [3.8, 4) is 0 Å². The summed E-state index contributed by atoms with van der Waals surface area (Å²) in [7, 11) is 0. The van der Waals surface area contributed by atoms with Crippen LogP contribution in [0.1, 0.15) is 30.1 Å². The molecular formula is C22H24FN3O3. The molecule has 0 spiro atoms. The molecule has 1 unspecified atom stereocenters. The molecule has 2 aliphatic heterocycles. The van der Waals surface area contributed by atoms with E-state index in [1.807, 2.05) is 24.3 Å². The number of anilines is 1. The van der Waals surface area contributed by atoms with Crippen molar-refractivity contribution in [3.05, 3.63) is 65.5 Å². The van der Waals surface area contributed by atoms with Gasteiger partial charge in [-0.1, -0.05) is 24.3 Å². The lowest BCUT2D eigenvalue weighted by Gasteiger charge is -2.33. The molecule has 0 aliphatic carbocycles. The third-order valence-corrected chi connectivity index (χ3v) is 5.33. The summed E-state index contributed by atoms with van der Waals surface area (Å²) >= 11 is 0. The normalized spacial score (nSPS) is 19.5. The lowest BCUT2D eigenvalue weighted by Crippen LogP contribution is -2.46. The Balaban J connectivity index is 1.34. The van der Waals surface area contributed by atoms with Crippen LogP contribution in [-0.2, 0) is 16.1 Å². The van der Waals surface area contributed by atoms with E-state index >= 15 is 0 Å². The number of nitrogens with one attached hydrogen (secondary N) is 1. The number of nitrogens with zero attached hydrogens (tertiary/aromatic N) is 2. The zero-order valence-electron chi connectivity index (χ0n) is 16.1. The van der Waals surface area contributed by atoms with Gasteiger partial charge in [0.2, 0.25) is 5.91 Å². The minimum atomic E-state index is -0.294. The molecule has 1 atom stereocenters. The predicted molar refractivity (Wildman–Crippen MR) is 107 cm³/mol. The van der Waals surface area contributed by atoms with Crippen LogP contribution in [0.3, 0.4) is 0 Å². The average Bonchev–Trinajstić information content (AvgIpc) is 3.19. The fourth-order valence-electron chi connectivity index (χ4n) is 3.76. The van der Waals surface area contributed by atoms with Crippen LogP contribution in [-0.4, -0.2) is 43.1 Å². The second-order valence-electron chi connectivity index (χ2n) is 7.33. The van der Waals surface area contributed by atoms with Crippen LogP contribution in [0.25, 0.3) is 0 Å². The van der Waals surface area contributed by atoms with Crippen LogP contribution in [0.15, 0.2) is 48.5 Å². The summed E-state index contributed by atoms with van der Waals surface area (Å²) in [6.45, 7) is 2.48. The monoisotopic (exact) mass is 397 g/mol. The number of halogens is 1. The number of ether oxygens (including phenoxy) is 1. The number of amides is 3. The fourth-order valence-corrected chi connectivity index (χ4v) is 3.76. The van der Waals surface area contributed by atoms with E-state index in [0.29, 0.717) is 32.7 Å². The molecule has 0 saturated carbocycles. The van der Waals surface area contributed by atoms with E-state index < -0.39 is 0 Å². The summed E-state index contributed by atoms with van der Waals surface area (Å²) in [6, 6.07) is 13.7. The van der Waals surface area contributed by atoms with Crippen LogP contribution in [0.2, 0.25) is 0 Å². The maximum Gasteiger partial charge on any atom is 0.317 e. The number of rotatable bonds is 4. The minimum Gasteiger partial charge on any atom is -0.370 e. The van der Waals surface area contributed by atoms with Crippen LogP contribution in [0.5, 0.6) is 0 Å². The zero-order valence-corrected chi connectivity index (χ0v) is 16.1. The molecule has 2 saturated heterocycles. The van der Waals surface area contributed by atoms with Crippen molar-refractivity contribution in [1.82, 2.24) is 10.2 Å². The Kier molecular flexibility index (Phi) is 5.76. The largest absolute Gasteiger partial charge is 0.370 e. The minimum absolute atomic E-state index is 0.145. The van der Waals surface area contributed by atoms with Gasteiger partial charge in [0.25, 0.3) is 0 Å². The summed E-state index contributed by atoms with van der Waals surface area (Å²) in [5.41, 5.74) is 2.67. The highest BCUT2D eigenvalue weighted by Gasteiger charge is 2.25. The topological polar surface area (TPSA) is 61.9 Å². The SMILES string of the molecule is O=C(NCc1cccc(N2CCCC2=O)c1)N1CCOC(c2ccc(F)cc2)C1. The van der Waals surface area contributed by atoms with Crippen LogP contribution >= 0.6 is 0 Å². The molecule has 2 aromatic rings. The van der Waals surface area contributed by atoms with E-state index in [-0.39, 0.29) is 23.9 Å². The van der Waals surface area contributed by atoms with Gasteiger partial charge >= 0.3 is 6.03 Å². The Hall–Kier alpha value is -2.93. The first-order valence-corrected chi connectivity index (χ1v) is 9.89. The fraction of sp³-hybridized carbons (Fsp3) is 0.364. The number of hydrogen-bond acceptors (Lipinski definition) is 3. The molecule has 7 heteroatoms. The first-order valence-electron chi connectivity index (χ1n) is 9.89. The van der Waals surface area contributed by atoms with Crippen molar-refractivity contribution in [2.24, 2.45) is 0 Å². The van der Waals surface area contributed by atoms with E-state index in [9.17, 15) is 14.0 Å². The highest BCUT2D eigenvalue weighted by atomic mass is 19.1. The van der Waals surface area contributed by atoms with Gasteiger partial charge in [0, 0.05) is 31.7 Å². The molecule has 2 fully saturated rings. The Labute approximate surface area is 169 Å². The Morgan fingerprint density at radius 2 is 2.00 bits per heavy atom. The van der Waals surface area contributed by atoms with E-state index in [4.69, 9.17) is 4.74 Å². The van der Waals surface area contributed by atoms with Crippen molar-refractivity contribution < 1.29 is 18.7 Å². The molecule has 2 aliphatic rings. The number of urea groups is 1. The summed E-state index contributed by atoms with van der Waals surface area (Å²) < 4.78 is 18.9. The Bertz CT molecular complexity index is 887. The average molecular weight is 397 g/mol. The number of benzene rings is 2. The highest BCUT2D eigenvalue weighted by Crippen LogP contribution is 2.24. The van der Waals surface area contributed by atoms with Gasteiger partial charge < -0.3 is 19.9 Å². The third kappa shape index (κ3) is 4.56. The molecule has 0 aromatic heterocycles. The number of morpholine rings is 1. The van der Waals surface area contributed by atoms with Gasteiger partial charge in [0.05, 0.1) is 13.2 Å². The molecule has 6 nitrogen and oxygen atoms in total. The van der Waals surface area contributed by atoms with E-state index in [0.717, 1.165) is 29.8 Å². The van der Waals surface area contributed by atoms with Gasteiger partial charge in [-0.15, -0.1) is 0 Å². The number of carbonyl (C=O) groups excluding carboxylic acids is 2. The maximum absolute atomic E-state index is 13.1. The molecule has 2 heterocycles. The smallest absolute Gasteiger partial charge is 0.317 e. The second kappa shape index (κ2) is 8.61. The molecule has 3 amide bonds. The quantitative estimate of drug-likeness (QED) is 0.862. The first kappa shape index (κ1) is 19.4. The zero-order chi connectivity index (χ0) is 20.2. The Morgan fingerprint density at radius 1 is 1.17 bits per heavy atom. The van der Waals surface area contributed by atoms with Crippen molar-refractivity contribution in [2.75, 3.05) is 31.1 Å². The molecule has 152 valence electrons. The van der Waals surface area contributed by atoms with Gasteiger partial charge in [0.15, 0.2) is 0 Å². The number of carbonyl (C=O) groups is 2. The molecule has 1 N–H and O–H groups in total. The van der Waals surface area contributed by atoms with E-state index in [1.165, 1.54) is 12.1 Å². The van der Waals surface area contributed by atoms with Gasteiger partial charge in [-0.3, -0.25) is 4.79 Å². The van der Waals surface area contributed by atoms with Crippen molar-refractivity contribution in [2.45, 2.75) is 25.5 Å². The van der Waals surface area contributed by atoms with Gasteiger partial charge in [0.1, 0.15) is 11.9 Å². The third-order valence-electron chi connectivity index (χ3n) is 5.33. The van der Waals surface area contributed by atoms with E-state index in [1.54, 1.807) is 21.9 Å². The molecule has 29 heavy (non-hydrogen) atoms. The lowest BCUT2D eigenvalue weighted by atomic mass is 10.1. The second-order valence-corrected chi connectivity index (χ2v) is 7.33. The summed E-state index contributed by atoms with van der Waals surface area (Å²) in [4.78, 5) is 28.1. The van der Waals surface area contributed by atoms with Crippen LogP contribution < -0.4 is 10.2 Å². The van der Waals surface area contributed by atoms with Crippen molar-refractivity contribution >= 4 is 17.6 Å². The first-order chi connectivity index (χ1) is 14.1. The van der Waals surface area contributed by atoms with Crippen molar-refractivity contribution in [1.29, 1.82) is 0 Å². The molecule has 0 radical (unpaired) electrons.